The van der Waals surface area contributed by atoms with Crippen LogP contribution in [-0.4, -0.2) is 6.54 Å². The summed E-state index contributed by atoms with van der Waals surface area (Å²) in [6.07, 6.45) is 3.35. The quantitative estimate of drug-likeness (QED) is 0.279. The zero-order valence-electron chi connectivity index (χ0n) is 14.7. The second-order valence-electron chi connectivity index (χ2n) is 6.77. The van der Waals surface area contributed by atoms with Crippen LogP contribution in [0.25, 0.3) is 32.7 Å². The molecule has 0 bridgehead atoms. The van der Waals surface area contributed by atoms with Gasteiger partial charge in [-0.25, -0.2) is 0 Å². The first-order chi connectivity index (χ1) is 12.6. The first-order valence-electron chi connectivity index (χ1n) is 8.97. The Morgan fingerprint density at radius 2 is 1.35 bits per heavy atom. The van der Waals surface area contributed by atoms with Crippen molar-refractivity contribution in [2.24, 2.45) is 0 Å². The molecule has 2 aromatic carbocycles. The SMILES string of the molecule is CCCCCNc1ccc2c3c1c(=N)c(=N)c1cccc(c1-3)c(=N)c2=N. The second kappa shape index (κ2) is 6.02. The van der Waals surface area contributed by atoms with Crippen LogP contribution in [0.4, 0.5) is 5.69 Å². The molecular formula is C21H21N5. The van der Waals surface area contributed by atoms with Crippen LogP contribution >= 0.6 is 0 Å². The molecule has 0 aliphatic heterocycles. The van der Waals surface area contributed by atoms with Crippen molar-refractivity contribution >= 4 is 27.2 Å². The van der Waals surface area contributed by atoms with E-state index in [-0.39, 0.29) is 21.4 Å². The topological polar surface area (TPSA) is 107 Å². The van der Waals surface area contributed by atoms with E-state index in [1.807, 2.05) is 24.3 Å². The molecule has 5 N–H and O–H groups in total. The summed E-state index contributed by atoms with van der Waals surface area (Å²) in [5, 5.41) is 40.7. The third kappa shape index (κ3) is 2.17. The predicted octanol–water partition coefficient (Wildman–Crippen LogP) is 2.93. The Kier molecular flexibility index (Phi) is 3.80. The molecule has 0 amide bonds. The van der Waals surface area contributed by atoms with E-state index in [1.165, 1.54) is 0 Å². The van der Waals surface area contributed by atoms with Crippen LogP contribution < -0.4 is 26.7 Å². The van der Waals surface area contributed by atoms with Gasteiger partial charge in [0.1, 0.15) is 0 Å². The molecule has 2 aliphatic rings. The van der Waals surface area contributed by atoms with Gasteiger partial charge in [-0.1, -0.05) is 44.0 Å². The Balaban J connectivity index is 2.13. The minimum absolute atomic E-state index is 0.185. The predicted molar refractivity (Wildman–Crippen MR) is 103 cm³/mol. The molecule has 0 spiro atoms. The van der Waals surface area contributed by atoms with Gasteiger partial charge in [0, 0.05) is 44.9 Å². The number of nitrogens with one attached hydrogen (secondary N) is 5. The normalized spacial score (nSPS) is 11.7. The van der Waals surface area contributed by atoms with Crippen molar-refractivity contribution in [1.29, 1.82) is 21.6 Å². The second-order valence-corrected chi connectivity index (χ2v) is 6.77. The first-order valence-corrected chi connectivity index (χ1v) is 8.97. The highest BCUT2D eigenvalue weighted by molar-refractivity contribution is 6.13. The lowest BCUT2D eigenvalue weighted by molar-refractivity contribution is 0.744. The van der Waals surface area contributed by atoms with Crippen molar-refractivity contribution in [2.75, 3.05) is 11.9 Å². The highest BCUT2D eigenvalue weighted by Gasteiger charge is 2.21. The first kappa shape index (κ1) is 16.4. The van der Waals surface area contributed by atoms with E-state index in [0.717, 1.165) is 42.6 Å². The summed E-state index contributed by atoms with van der Waals surface area (Å²) in [4.78, 5) is 0. The minimum Gasteiger partial charge on any atom is -0.384 e. The van der Waals surface area contributed by atoms with Gasteiger partial charge in [-0.2, -0.15) is 0 Å². The lowest BCUT2D eigenvalue weighted by atomic mass is 9.86. The van der Waals surface area contributed by atoms with Gasteiger partial charge in [0.25, 0.3) is 0 Å². The third-order valence-electron chi connectivity index (χ3n) is 5.17. The van der Waals surface area contributed by atoms with E-state index in [9.17, 15) is 0 Å². The molecule has 130 valence electrons. The maximum Gasteiger partial charge on any atom is 0.0895 e. The number of anilines is 1. The fraction of sp³-hybridized carbons (Fsp3) is 0.238. The van der Waals surface area contributed by atoms with E-state index in [4.69, 9.17) is 21.6 Å². The molecule has 0 fully saturated rings. The molecule has 0 saturated heterocycles. The average Bonchev–Trinajstić information content (AvgIpc) is 2.66. The van der Waals surface area contributed by atoms with Gasteiger partial charge >= 0.3 is 0 Å². The number of benzene rings is 4. The van der Waals surface area contributed by atoms with Crippen molar-refractivity contribution in [1.82, 2.24) is 0 Å². The van der Waals surface area contributed by atoms with Crippen LogP contribution in [0.3, 0.4) is 0 Å². The molecule has 26 heavy (non-hydrogen) atoms. The summed E-state index contributed by atoms with van der Waals surface area (Å²) < 4.78 is 0. The van der Waals surface area contributed by atoms with E-state index in [0.29, 0.717) is 21.5 Å². The van der Waals surface area contributed by atoms with Crippen molar-refractivity contribution in [3.63, 3.8) is 0 Å². The molecular weight excluding hydrogens is 322 g/mol. The van der Waals surface area contributed by atoms with Crippen LogP contribution in [0, 0.1) is 21.6 Å². The molecule has 5 nitrogen and oxygen atoms in total. The van der Waals surface area contributed by atoms with E-state index < -0.39 is 0 Å². The third-order valence-corrected chi connectivity index (χ3v) is 5.17. The maximum absolute atomic E-state index is 8.58. The number of hydrogen-bond acceptors (Lipinski definition) is 5. The molecule has 0 heterocycles. The molecule has 0 aromatic heterocycles. The standard InChI is InChI=1S/C21H21N5/c1-2-3-4-10-26-14-9-8-13-16-15-11(18(22)19(13)23)6-5-7-12(15)20(24)21(25)17(14)16/h5-9,22-26H,2-4,10H2,1H3. The largest absolute Gasteiger partial charge is 0.384 e. The van der Waals surface area contributed by atoms with Gasteiger partial charge in [-0.05, 0) is 12.5 Å². The zero-order chi connectivity index (χ0) is 18.4. The van der Waals surface area contributed by atoms with Gasteiger partial charge in [-0.3, -0.25) is 21.6 Å². The highest BCUT2D eigenvalue weighted by Crippen LogP contribution is 2.36. The minimum atomic E-state index is 0.185. The maximum atomic E-state index is 8.58. The lowest BCUT2D eigenvalue weighted by Crippen LogP contribution is -2.32. The molecule has 2 aromatic rings. The van der Waals surface area contributed by atoms with Crippen LogP contribution in [0.1, 0.15) is 26.2 Å². The lowest BCUT2D eigenvalue weighted by Gasteiger charge is -2.19. The Bertz CT molecular complexity index is 1290. The van der Waals surface area contributed by atoms with Crippen LogP contribution in [-0.2, 0) is 0 Å². The van der Waals surface area contributed by atoms with Crippen LogP contribution in [0.2, 0.25) is 0 Å². The van der Waals surface area contributed by atoms with E-state index >= 15 is 0 Å². The summed E-state index contributed by atoms with van der Waals surface area (Å²) in [5.41, 5.74) is 2.51. The molecule has 4 rings (SSSR count). The van der Waals surface area contributed by atoms with Crippen molar-refractivity contribution < 1.29 is 0 Å². The smallest absolute Gasteiger partial charge is 0.0895 e. The van der Waals surface area contributed by atoms with Gasteiger partial charge in [0.15, 0.2) is 0 Å². The van der Waals surface area contributed by atoms with Gasteiger partial charge in [0.2, 0.25) is 0 Å². The number of hydrogen-bond donors (Lipinski definition) is 5. The molecule has 0 saturated carbocycles. The molecule has 2 aliphatic carbocycles. The summed E-state index contributed by atoms with van der Waals surface area (Å²) in [5.74, 6) is 0. The monoisotopic (exact) mass is 343 g/mol. The fourth-order valence-electron chi connectivity index (χ4n) is 3.84. The highest BCUT2D eigenvalue weighted by atomic mass is 14.9. The summed E-state index contributed by atoms with van der Waals surface area (Å²) in [6.45, 7) is 2.99. The van der Waals surface area contributed by atoms with E-state index in [1.54, 1.807) is 6.07 Å². The van der Waals surface area contributed by atoms with Gasteiger partial charge in [-0.15, -0.1) is 0 Å². The summed E-state index contributed by atoms with van der Waals surface area (Å²) >= 11 is 0. The van der Waals surface area contributed by atoms with Crippen molar-refractivity contribution in [2.45, 2.75) is 26.2 Å². The summed E-state index contributed by atoms with van der Waals surface area (Å²) in [6, 6.07) is 9.25. The Morgan fingerprint density at radius 3 is 2.00 bits per heavy atom. The molecule has 0 radical (unpaired) electrons. The number of rotatable bonds is 5. The van der Waals surface area contributed by atoms with Crippen LogP contribution in [0.15, 0.2) is 30.3 Å². The van der Waals surface area contributed by atoms with Crippen molar-refractivity contribution in [3.8, 4) is 11.1 Å². The Labute approximate surface area is 150 Å². The average molecular weight is 343 g/mol. The number of unbranched alkanes of at least 4 members (excludes halogenated alkanes) is 2. The molecule has 0 unspecified atom stereocenters. The van der Waals surface area contributed by atoms with E-state index in [2.05, 4.69) is 12.2 Å². The zero-order valence-corrected chi connectivity index (χ0v) is 14.7. The van der Waals surface area contributed by atoms with Crippen molar-refractivity contribution in [3.05, 3.63) is 51.8 Å². The summed E-state index contributed by atoms with van der Waals surface area (Å²) in [7, 11) is 0. The van der Waals surface area contributed by atoms with Gasteiger partial charge in [0.05, 0.1) is 21.4 Å². The van der Waals surface area contributed by atoms with Gasteiger partial charge < -0.3 is 5.32 Å². The fourth-order valence-corrected chi connectivity index (χ4v) is 3.84. The Morgan fingerprint density at radius 1 is 0.731 bits per heavy atom. The molecule has 5 heteroatoms. The van der Waals surface area contributed by atoms with Crippen LogP contribution in [0.5, 0.6) is 0 Å². The molecule has 0 atom stereocenters. The Hall–Kier alpha value is -3.08.